The van der Waals surface area contributed by atoms with Gasteiger partial charge in [0.15, 0.2) is 0 Å². The van der Waals surface area contributed by atoms with Gasteiger partial charge in [-0.1, -0.05) is 0 Å². The predicted octanol–water partition coefficient (Wildman–Crippen LogP) is 6.12. The van der Waals surface area contributed by atoms with Crippen LogP contribution in [0.2, 0.25) is 0 Å². The summed E-state index contributed by atoms with van der Waals surface area (Å²) < 4.78 is 99.1. The van der Waals surface area contributed by atoms with E-state index in [1.165, 1.54) is 4.31 Å². The highest BCUT2D eigenvalue weighted by molar-refractivity contribution is 7.82. The summed E-state index contributed by atoms with van der Waals surface area (Å²) in [5, 5.41) is 0.964. The summed E-state index contributed by atoms with van der Waals surface area (Å²) in [7, 11) is -0.822. The molecule has 2 heterocycles. The van der Waals surface area contributed by atoms with Crippen LogP contribution in [0.15, 0.2) is 47.5 Å². The van der Waals surface area contributed by atoms with E-state index in [-0.39, 0.29) is 19.0 Å². The number of nitrogens with one attached hydrogen (secondary N) is 1. The first kappa shape index (κ1) is 23.6. The second-order valence-corrected chi connectivity index (χ2v) is 9.27. The molecular formula is C22H20F6N2O2S. The van der Waals surface area contributed by atoms with Gasteiger partial charge >= 0.3 is 12.4 Å². The molecule has 1 fully saturated rings. The zero-order valence-corrected chi connectivity index (χ0v) is 18.2. The summed E-state index contributed by atoms with van der Waals surface area (Å²) in [6, 6.07) is 6.65. The molecule has 0 aliphatic carbocycles. The van der Waals surface area contributed by atoms with E-state index in [9.17, 15) is 30.6 Å². The minimum absolute atomic E-state index is 0.0581. The molecule has 4 nitrogen and oxygen atoms in total. The Morgan fingerprint density at radius 2 is 1.70 bits per heavy atom. The van der Waals surface area contributed by atoms with Crippen LogP contribution in [-0.2, 0) is 23.3 Å². The maximum Gasteiger partial charge on any atom is 0.417 e. The number of methoxy groups -OCH3 is 1. The van der Waals surface area contributed by atoms with Gasteiger partial charge in [0.1, 0.15) is 16.7 Å². The van der Waals surface area contributed by atoms with Gasteiger partial charge in [-0.3, -0.25) is 0 Å². The molecule has 0 saturated carbocycles. The molecule has 4 rings (SSSR count). The number of ether oxygens (including phenoxy) is 1. The van der Waals surface area contributed by atoms with Crippen LogP contribution in [0.3, 0.4) is 0 Å². The monoisotopic (exact) mass is 490 g/mol. The molecule has 1 atom stereocenters. The van der Waals surface area contributed by atoms with Gasteiger partial charge in [0.2, 0.25) is 0 Å². The smallest absolute Gasteiger partial charge is 0.417 e. The van der Waals surface area contributed by atoms with E-state index in [1.54, 1.807) is 7.11 Å². The van der Waals surface area contributed by atoms with Crippen LogP contribution in [0.5, 0.6) is 5.75 Å². The Hall–Kier alpha value is -2.53. The van der Waals surface area contributed by atoms with Crippen molar-refractivity contribution in [2.45, 2.75) is 36.0 Å². The van der Waals surface area contributed by atoms with Gasteiger partial charge in [0.05, 0.1) is 23.1 Å². The van der Waals surface area contributed by atoms with Gasteiger partial charge in [-0.05, 0) is 60.7 Å². The zero-order valence-electron chi connectivity index (χ0n) is 17.4. The Labute approximate surface area is 188 Å². The lowest BCUT2D eigenvalue weighted by Crippen LogP contribution is -2.35. The molecule has 178 valence electrons. The number of alkyl halides is 6. The van der Waals surface area contributed by atoms with Crippen LogP contribution in [0.25, 0.3) is 10.9 Å². The van der Waals surface area contributed by atoms with E-state index in [0.29, 0.717) is 36.8 Å². The molecule has 1 aliphatic heterocycles. The number of H-pyrrole nitrogens is 1. The summed E-state index contributed by atoms with van der Waals surface area (Å²) in [6.07, 6.45) is -6.90. The summed E-state index contributed by atoms with van der Waals surface area (Å²) in [6.45, 7) is 0.364. The van der Waals surface area contributed by atoms with E-state index < -0.39 is 39.4 Å². The van der Waals surface area contributed by atoms with Gasteiger partial charge in [-0.15, -0.1) is 0 Å². The van der Waals surface area contributed by atoms with Gasteiger partial charge < -0.3 is 9.72 Å². The number of hydrogen-bond acceptors (Lipinski definition) is 2. The van der Waals surface area contributed by atoms with E-state index >= 15 is 0 Å². The van der Waals surface area contributed by atoms with Crippen molar-refractivity contribution in [2.24, 2.45) is 0 Å². The number of hydrogen-bond donors (Lipinski definition) is 1. The highest BCUT2D eigenvalue weighted by Gasteiger charge is 2.39. The molecule has 33 heavy (non-hydrogen) atoms. The van der Waals surface area contributed by atoms with E-state index in [2.05, 4.69) is 4.98 Å². The fourth-order valence-corrected chi connectivity index (χ4v) is 5.56. The topological polar surface area (TPSA) is 45.3 Å². The van der Waals surface area contributed by atoms with Crippen molar-refractivity contribution < 1.29 is 35.3 Å². The van der Waals surface area contributed by atoms with Crippen LogP contribution < -0.4 is 4.74 Å². The van der Waals surface area contributed by atoms with Crippen molar-refractivity contribution in [3.8, 4) is 5.75 Å². The molecule has 3 aromatic rings. The van der Waals surface area contributed by atoms with Gasteiger partial charge in [-0.25, -0.2) is 8.51 Å². The van der Waals surface area contributed by atoms with Gasteiger partial charge in [-0.2, -0.15) is 26.3 Å². The zero-order chi connectivity index (χ0) is 24.0. The second kappa shape index (κ2) is 8.68. The fourth-order valence-electron chi connectivity index (χ4n) is 4.14. The number of aromatic nitrogens is 1. The largest absolute Gasteiger partial charge is 0.497 e. The molecule has 0 radical (unpaired) electrons. The molecule has 0 spiro atoms. The third-order valence-electron chi connectivity index (χ3n) is 5.85. The van der Waals surface area contributed by atoms with Crippen molar-refractivity contribution in [2.75, 3.05) is 20.2 Å². The summed E-state index contributed by atoms with van der Waals surface area (Å²) in [5.41, 5.74) is -0.652. The van der Waals surface area contributed by atoms with Crippen LogP contribution in [-0.4, -0.2) is 33.7 Å². The quantitative estimate of drug-likeness (QED) is 0.448. The van der Waals surface area contributed by atoms with Crippen molar-refractivity contribution in [3.05, 3.63) is 59.3 Å². The SMILES string of the molecule is COc1ccc2[nH]cc(C3CCN(S(=O)c4cc(C(F)(F)F)ccc4C(F)(F)F)CC3)c2c1. The first-order valence-corrected chi connectivity index (χ1v) is 11.2. The summed E-state index contributed by atoms with van der Waals surface area (Å²) >= 11 is 0. The Morgan fingerprint density at radius 3 is 2.30 bits per heavy atom. The molecule has 0 bridgehead atoms. The van der Waals surface area contributed by atoms with Crippen LogP contribution in [0.4, 0.5) is 26.3 Å². The van der Waals surface area contributed by atoms with Crippen molar-refractivity contribution in [3.63, 3.8) is 0 Å². The molecule has 1 aromatic heterocycles. The Kier molecular flexibility index (Phi) is 6.21. The lowest BCUT2D eigenvalue weighted by Gasteiger charge is -2.31. The summed E-state index contributed by atoms with van der Waals surface area (Å²) in [4.78, 5) is 2.31. The Bertz CT molecular complexity index is 1180. The predicted molar refractivity (Wildman–Crippen MR) is 111 cm³/mol. The lowest BCUT2D eigenvalue weighted by molar-refractivity contribution is -0.143. The van der Waals surface area contributed by atoms with Gasteiger partial charge in [0, 0.05) is 30.2 Å². The highest BCUT2D eigenvalue weighted by Crippen LogP contribution is 2.40. The molecular weight excluding hydrogens is 470 g/mol. The number of rotatable bonds is 4. The van der Waals surface area contributed by atoms with Crippen LogP contribution >= 0.6 is 0 Å². The average molecular weight is 490 g/mol. The third kappa shape index (κ3) is 4.74. The Morgan fingerprint density at radius 1 is 1.00 bits per heavy atom. The summed E-state index contributed by atoms with van der Waals surface area (Å²) in [5.74, 6) is 0.744. The lowest BCUT2D eigenvalue weighted by atomic mass is 9.90. The Balaban J connectivity index is 1.57. The number of aromatic amines is 1. The highest BCUT2D eigenvalue weighted by atomic mass is 32.2. The minimum Gasteiger partial charge on any atom is -0.497 e. The normalized spacial score (nSPS) is 17.4. The van der Waals surface area contributed by atoms with E-state index in [4.69, 9.17) is 4.74 Å². The number of piperidine rings is 1. The third-order valence-corrected chi connectivity index (χ3v) is 7.40. The molecule has 11 heteroatoms. The van der Waals surface area contributed by atoms with Crippen molar-refractivity contribution in [1.82, 2.24) is 9.29 Å². The number of halogens is 6. The number of fused-ring (bicyclic) bond motifs is 1. The standard InChI is InChI=1S/C22H20F6N2O2S/c1-32-15-3-5-19-16(11-15)17(12-29-19)13-6-8-30(9-7-13)33(31)20-10-14(21(23,24)25)2-4-18(20)22(26,27)28/h2-5,10-13,29H,6-9H2,1H3. The molecule has 0 amide bonds. The first-order valence-electron chi connectivity index (χ1n) is 10.1. The maximum atomic E-state index is 13.4. The molecule has 1 saturated heterocycles. The van der Waals surface area contributed by atoms with E-state index in [0.717, 1.165) is 16.5 Å². The van der Waals surface area contributed by atoms with E-state index in [1.807, 2.05) is 24.4 Å². The maximum absolute atomic E-state index is 13.4. The molecule has 1 aliphatic rings. The number of nitrogens with zero attached hydrogens (tertiary/aromatic N) is 1. The van der Waals surface area contributed by atoms with Crippen LogP contribution in [0, 0.1) is 0 Å². The van der Waals surface area contributed by atoms with Crippen molar-refractivity contribution >= 4 is 21.9 Å². The first-order chi connectivity index (χ1) is 15.5. The fraction of sp³-hybridized carbons (Fsp3) is 0.364. The average Bonchev–Trinajstić information content (AvgIpc) is 3.20. The molecule has 2 aromatic carbocycles. The minimum atomic E-state index is -4.92. The van der Waals surface area contributed by atoms with Gasteiger partial charge in [0.25, 0.3) is 0 Å². The van der Waals surface area contributed by atoms with Crippen molar-refractivity contribution in [1.29, 1.82) is 0 Å². The van der Waals surface area contributed by atoms with Crippen LogP contribution in [0.1, 0.15) is 35.4 Å². The number of benzene rings is 2. The molecule has 1 N–H and O–H groups in total. The molecule has 1 unspecified atom stereocenters. The second-order valence-electron chi connectivity index (χ2n) is 7.81.